The summed E-state index contributed by atoms with van der Waals surface area (Å²) in [5.74, 6) is -7.55. The normalized spacial score (nSPS) is 17.1. The van der Waals surface area contributed by atoms with E-state index in [9.17, 15) is 58.2 Å². The van der Waals surface area contributed by atoms with Crippen LogP contribution in [-0.2, 0) is 67.2 Å². The second-order valence-electron chi connectivity index (χ2n) is 22.8. The van der Waals surface area contributed by atoms with E-state index in [-0.39, 0.29) is 106 Å². The predicted molar refractivity (Wildman–Crippen MR) is 320 cm³/mol. The van der Waals surface area contributed by atoms with Crippen LogP contribution in [-0.4, -0.2) is 176 Å². The number of aliphatic hydroxyl groups excluding tert-OH is 1. The molecule has 28 heteroatoms. The van der Waals surface area contributed by atoms with Gasteiger partial charge in [-0.15, -0.1) is 0 Å². The minimum Gasteiger partial charge on any atom is -0.508 e. The summed E-state index contributed by atoms with van der Waals surface area (Å²) in [5, 5.41) is 45.9. The first kappa shape index (κ1) is 67.1. The molecule has 2 saturated heterocycles. The number of likely N-dealkylation sites (tertiary alicyclic amines) is 1. The molecular formula is C59H84N16O12. The molecule has 0 spiro atoms. The lowest BCUT2D eigenvalue weighted by Crippen LogP contribution is -2.61. The zero-order valence-electron chi connectivity index (χ0n) is 49.8. The molecule has 0 unspecified atom stereocenters. The maximum atomic E-state index is 14.7. The summed E-state index contributed by atoms with van der Waals surface area (Å²) in [4.78, 5) is 155. The van der Waals surface area contributed by atoms with Gasteiger partial charge in [0.2, 0.25) is 59.1 Å². The van der Waals surface area contributed by atoms with Crippen LogP contribution in [0.15, 0.2) is 72.2 Å². The molecule has 2 aromatic heterocycles. The zero-order valence-corrected chi connectivity index (χ0v) is 49.8. The van der Waals surface area contributed by atoms with Gasteiger partial charge in [0, 0.05) is 74.3 Å². The van der Waals surface area contributed by atoms with E-state index >= 15 is 0 Å². The summed E-state index contributed by atoms with van der Waals surface area (Å²) in [5.41, 5.74) is 13.3. The SMILES string of the molecule is CCNC(=O)[C@@H]1CCCN1C(=O)[C@H](CCCN=C(N)N)NC(=O)[C@H](CC(C)C)NC(=O)[C@@H](CC(C)C)NC(=O)[C@H](Cc1ccc(O)cc1)NC(=O)[C@@H](CO)NC(=O)[C@H](Cc1c[nH]c2ccccc12)NC(=O)[C@@H](Cc1cnc[nH]1)NC(=O)[C@@H]1CCC(=O)N1. The van der Waals surface area contributed by atoms with Crippen LogP contribution >= 0.6 is 0 Å². The lowest BCUT2D eigenvalue weighted by molar-refractivity contribution is -0.142. The van der Waals surface area contributed by atoms with E-state index in [0.29, 0.717) is 41.6 Å². The van der Waals surface area contributed by atoms with Gasteiger partial charge in [-0.1, -0.05) is 58.0 Å². The number of guanidine groups is 1. The Kier molecular flexibility index (Phi) is 25.0. The Labute approximate surface area is 504 Å². The molecule has 0 aliphatic carbocycles. The van der Waals surface area contributed by atoms with Crippen molar-refractivity contribution in [1.29, 1.82) is 0 Å². The Morgan fingerprint density at radius 2 is 1.28 bits per heavy atom. The van der Waals surface area contributed by atoms with Crippen molar-refractivity contribution < 1.29 is 58.2 Å². The van der Waals surface area contributed by atoms with Gasteiger partial charge >= 0.3 is 0 Å². The van der Waals surface area contributed by atoms with Gasteiger partial charge < -0.3 is 84.4 Å². The number of phenolic OH excluding ortho intramolecular Hbond substituents is 1. The molecule has 4 heterocycles. The van der Waals surface area contributed by atoms with Gasteiger partial charge in [0.05, 0.1) is 12.9 Å². The van der Waals surface area contributed by atoms with Crippen LogP contribution in [0.2, 0.25) is 0 Å². The summed E-state index contributed by atoms with van der Waals surface area (Å²) in [6, 6.07) is 1.58. The number of H-pyrrole nitrogens is 2. The van der Waals surface area contributed by atoms with Crippen LogP contribution in [0, 0.1) is 11.8 Å². The number of aromatic nitrogens is 3. The van der Waals surface area contributed by atoms with Gasteiger partial charge in [0.15, 0.2) is 5.96 Å². The van der Waals surface area contributed by atoms with Gasteiger partial charge in [0.1, 0.15) is 60.1 Å². The highest BCUT2D eigenvalue weighted by Crippen LogP contribution is 2.22. The van der Waals surface area contributed by atoms with E-state index in [2.05, 4.69) is 67.8 Å². The number of para-hydroxylation sites is 1. The van der Waals surface area contributed by atoms with Crippen LogP contribution in [0.3, 0.4) is 0 Å². The standard InChI is InChI=1S/C59H84N16O12/c1-6-63-57(86)48-14-10-22-75(48)58(87)41(13-9-21-64-59(60)61)68-51(80)42(23-32(2)3)69-52(81)43(24-33(4)5)70-53(82)44(25-34-15-17-37(77)18-16-34)71-56(85)47(30-76)74-54(83)45(26-35-28-65-39-12-8-7-11-38(35)39)72-55(84)46(27-36-29-62-31-66-36)73-50(79)40-19-20-49(78)67-40/h7-8,11-12,15-18,28-29,31-33,40-48,65,76-77H,6,9-10,13-14,19-27,30H2,1-5H3,(H,62,66)(H,63,86)(H,67,78)(H,68,80)(H,69,81)(H,70,82)(H,71,85)(H,72,84)(H,73,79)(H,74,83)(H4,60,61,64)/t40-,41-,42-,43+,44-,45-,46+,47+,48-/m0/s1. The third-order valence-corrected chi connectivity index (χ3v) is 14.9. The number of nitrogens with two attached hydrogens (primary N) is 2. The van der Waals surface area contributed by atoms with E-state index in [1.807, 2.05) is 19.9 Å². The fourth-order valence-electron chi connectivity index (χ4n) is 10.5. The van der Waals surface area contributed by atoms with Crippen LogP contribution in [0.1, 0.15) is 103 Å². The molecule has 2 aliphatic heterocycles. The molecular weight excluding hydrogens is 1120 g/mol. The predicted octanol–water partition coefficient (Wildman–Crippen LogP) is -1.44. The number of aromatic hydroxyl groups is 1. The maximum Gasteiger partial charge on any atom is 0.245 e. The number of carbonyl (C=O) groups is 10. The number of carbonyl (C=O) groups excluding carboxylic acids is 10. The third-order valence-electron chi connectivity index (χ3n) is 14.9. The largest absolute Gasteiger partial charge is 0.508 e. The second kappa shape index (κ2) is 32.4. The lowest BCUT2D eigenvalue weighted by Gasteiger charge is -2.31. The highest BCUT2D eigenvalue weighted by atomic mass is 16.3. The number of aromatic amines is 2. The number of rotatable bonds is 32. The number of amides is 10. The van der Waals surface area contributed by atoms with E-state index in [0.717, 1.165) is 5.52 Å². The Morgan fingerprint density at radius 3 is 1.85 bits per heavy atom. The molecule has 28 nitrogen and oxygen atoms in total. The summed E-state index contributed by atoms with van der Waals surface area (Å²) in [6.07, 6.45) is 5.80. The van der Waals surface area contributed by atoms with Crippen LogP contribution in [0.4, 0.5) is 0 Å². The van der Waals surface area contributed by atoms with Crippen molar-refractivity contribution in [2.45, 2.75) is 160 Å². The number of hydrogen-bond donors (Lipinski definition) is 15. The lowest BCUT2D eigenvalue weighted by atomic mass is 9.98. The molecule has 0 bridgehead atoms. The van der Waals surface area contributed by atoms with Crippen molar-refractivity contribution in [3.63, 3.8) is 0 Å². The minimum atomic E-state index is -1.75. The van der Waals surface area contributed by atoms with E-state index in [1.165, 1.54) is 41.7 Å². The summed E-state index contributed by atoms with van der Waals surface area (Å²) >= 11 is 0. The average molecular weight is 1210 g/mol. The van der Waals surface area contributed by atoms with Crippen molar-refractivity contribution in [2.75, 3.05) is 26.2 Å². The molecule has 10 amide bonds. The van der Waals surface area contributed by atoms with Crippen molar-refractivity contribution in [3.8, 4) is 5.75 Å². The summed E-state index contributed by atoms with van der Waals surface area (Å²) in [6.45, 7) is 8.82. The van der Waals surface area contributed by atoms with Crippen molar-refractivity contribution >= 4 is 75.9 Å². The first-order valence-corrected chi connectivity index (χ1v) is 29.5. The number of benzene rings is 2. The van der Waals surface area contributed by atoms with Gasteiger partial charge in [-0.25, -0.2) is 4.98 Å². The summed E-state index contributed by atoms with van der Waals surface area (Å²) < 4.78 is 0. The number of imidazole rings is 1. The number of nitrogens with one attached hydrogen (secondary N) is 11. The van der Waals surface area contributed by atoms with Gasteiger partial charge in [0.25, 0.3) is 0 Å². The first-order valence-electron chi connectivity index (χ1n) is 29.5. The number of aliphatic hydroxyl groups is 1. The topological polar surface area (TPSA) is 432 Å². The van der Waals surface area contributed by atoms with Crippen molar-refractivity contribution in [1.82, 2.24) is 67.7 Å². The molecule has 0 radical (unpaired) electrons. The number of phenols is 1. The van der Waals surface area contributed by atoms with Crippen molar-refractivity contribution in [3.05, 3.63) is 84.1 Å². The highest BCUT2D eigenvalue weighted by Gasteiger charge is 2.40. The molecule has 2 fully saturated rings. The van der Waals surface area contributed by atoms with Gasteiger partial charge in [-0.05, 0) is 93.0 Å². The Hall–Kier alpha value is -9.08. The third kappa shape index (κ3) is 20.0. The molecule has 6 rings (SSSR count). The molecule has 472 valence electrons. The quantitative estimate of drug-likeness (QED) is 0.0151. The van der Waals surface area contributed by atoms with Crippen LogP contribution in [0.5, 0.6) is 5.75 Å². The Balaban J connectivity index is 1.22. The second-order valence-corrected chi connectivity index (χ2v) is 22.8. The first-order chi connectivity index (χ1) is 41.5. The zero-order chi connectivity index (χ0) is 63.3. The summed E-state index contributed by atoms with van der Waals surface area (Å²) in [7, 11) is 0. The molecule has 9 atom stereocenters. The fraction of sp³-hybridized carbons (Fsp3) is 0.525. The van der Waals surface area contributed by atoms with Crippen LogP contribution in [0.25, 0.3) is 10.9 Å². The Bertz CT molecular complexity index is 3050. The van der Waals surface area contributed by atoms with Gasteiger partial charge in [-0.2, -0.15) is 0 Å². The number of fused-ring (bicyclic) bond motifs is 1. The smallest absolute Gasteiger partial charge is 0.245 e. The molecule has 4 aromatic rings. The molecule has 2 aromatic carbocycles. The number of nitrogens with zero attached hydrogens (tertiary/aromatic N) is 3. The Morgan fingerprint density at radius 1 is 0.701 bits per heavy atom. The average Bonchev–Trinajstić information content (AvgIpc) is 2.39. The fourth-order valence-corrected chi connectivity index (χ4v) is 10.5. The molecule has 17 N–H and O–H groups in total. The monoisotopic (exact) mass is 1210 g/mol. The van der Waals surface area contributed by atoms with Crippen LogP contribution < -0.4 is 59.3 Å². The number of aliphatic imine (C=N–C) groups is 1. The number of hydrogen-bond acceptors (Lipinski definition) is 14. The minimum absolute atomic E-state index is 0.0397. The maximum absolute atomic E-state index is 14.7. The highest BCUT2D eigenvalue weighted by molar-refractivity contribution is 5.99. The number of likely N-dealkylation sites (N-methyl/N-ethyl adjacent to an activating group) is 1. The molecule has 0 saturated carbocycles. The van der Waals surface area contributed by atoms with Gasteiger partial charge in [-0.3, -0.25) is 52.9 Å². The molecule has 2 aliphatic rings. The van der Waals surface area contributed by atoms with E-state index in [1.54, 1.807) is 45.2 Å². The van der Waals surface area contributed by atoms with E-state index in [4.69, 9.17) is 11.5 Å². The van der Waals surface area contributed by atoms with E-state index < -0.39 is 108 Å². The molecule has 87 heavy (non-hydrogen) atoms. The van der Waals surface area contributed by atoms with Crippen molar-refractivity contribution in [2.24, 2.45) is 28.3 Å².